The van der Waals surface area contributed by atoms with Crippen molar-refractivity contribution in [1.82, 2.24) is 19.2 Å². The van der Waals surface area contributed by atoms with Gasteiger partial charge in [-0.2, -0.15) is 4.31 Å². The van der Waals surface area contributed by atoms with Gasteiger partial charge in [-0.3, -0.25) is 9.69 Å². The van der Waals surface area contributed by atoms with Crippen molar-refractivity contribution in [3.8, 4) is 0 Å². The summed E-state index contributed by atoms with van der Waals surface area (Å²) in [6.45, 7) is 8.99. The highest BCUT2D eigenvalue weighted by molar-refractivity contribution is 7.89. The number of piperazine rings is 1. The molecule has 2 heterocycles. The van der Waals surface area contributed by atoms with Gasteiger partial charge in [-0.15, -0.1) is 0 Å². The zero-order valence-corrected chi connectivity index (χ0v) is 20.0. The third-order valence-electron chi connectivity index (χ3n) is 6.19. The van der Waals surface area contributed by atoms with Crippen molar-refractivity contribution in [3.05, 3.63) is 57.5 Å². The summed E-state index contributed by atoms with van der Waals surface area (Å²) < 4.78 is 28.1. The molecule has 176 valence electrons. The molecule has 3 aromatic rings. The molecule has 0 spiro atoms. The van der Waals surface area contributed by atoms with Crippen LogP contribution in [0.1, 0.15) is 23.6 Å². The topological polar surface area (TPSA) is 118 Å². The maximum Gasteiger partial charge on any atom is 0.323 e. The number of amides is 1. The third kappa shape index (κ3) is 4.59. The molecule has 33 heavy (non-hydrogen) atoms. The Kier molecular flexibility index (Phi) is 6.17. The van der Waals surface area contributed by atoms with Crippen LogP contribution >= 0.6 is 0 Å². The van der Waals surface area contributed by atoms with E-state index in [0.717, 1.165) is 16.7 Å². The van der Waals surface area contributed by atoms with Gasteiger partial charge in [0.25, 0.3) is 0 Å². The van der Waals surface area contributed by atoms with Gasteiger partial charge in [0.2, 0.25) is 15.9 Å². The summed E-state index contributed by atoms with van der Waals surface area (Å²) in [5.74, 6) is -0.186. The van der Waals surface area contributed by atoms with Gasteiger partial charge in [0.1, 0.15) is 0 Å². The summed E-state index contributed by atoms with van der Waals surface area (Å²) in [7, 11) is -3.60. The molecule has 0 unspecified atom stereocenters. The number of aromatic nitrogens is 2. The molecule has 4 rings (SSSR count). The summed E-state index contributed by atoms with van der Waals surface area (Å²) in [6, 6.07) is 8.51. The van der Waals surface area contributed by atoms with Crippen LogP contribution in [-0.4, -0.2) is 65.7 Å². The predicted octanol–water partition coefficient (Wildman–Crippen LogP) is 2.11. The van der Waals surface area contributed by atoms with Crippen LogP contribution in [0.25, 0.3) is 11.0 Å². The van der Waals surface area contributed by atoms with E-state index in [1.165, 1.54) is 4.31 Å². The number of hydrogen-bond donors (Lipinski definition) is 3. The molecule has 1 aromatic heterocycles. The normalized spacial score (nSPS) is 16.7. The second-order valence-electron chi connectivity index (χ2n) is 8.67. The Morgan fingerprint density at radius 3 is 2.21 bits per heavy atom. The summed E-state index contributed by atoms with van der Waals surface area (Å²) >= 11 is 0. The Hall–Kier alpha value is -2.95. The fourth-order valence-corrected chi connectivity index (χ4v) is 6.39. The monoisotopic (exact) mass is 471 g/mol. The largest absolute Gasteiger partial charge is 0.325 e. The van der Waals surface area contributed by atoms with E-state index in [9.17, 15) is 18.0 Å². The van der Waals surface area contributed by atoms with Crippen molar-refractivity contribution in [3.63, 3.8) is 0 Å². The van der Waals surface area contributed by atoms with Crippen LogP contribution in [0.5, 0.6) is 0 Å². The number of nitrogens with zero attached hydrogens (tertiary/aromatic N) is 2. The predicted molar refractivity (Wildman–Crippen MR) is 128 cm³/mol. The van der Waals surface area contributed by atoms with Crippen LogP contribution < -0.4 is 11.0 Å². The lowest BCUT2D eigenvalue weighted by molar-refractivity contribution is -0.121. The van der Waals surface area contributed by atoms with Crippen LogP contribution in [0, 0.1) is 20.8 Å². The molecule has 3 N–H and O–H groups in total. The maximum absolute atomic E-state index is 13.3. The number of sulfonamides is 1. The van der Waals surface area contributed by atoms with Gasteiger partial charge in [-0.1, -0.05) is 17.7 Å². The summed E-state index contributed by atoms with van der Waals surface area (Å²) in [6.07, 6.45) is 0. The van der Waals surface area contributed by atoms with Gasteiger partial charge in [0.05, 0.1) is 22.0 Å². The molecule has 0 saturated carbocycles. The smallest absolute Gasteiger partial charge is 0.323 e. The quantitative estimate of drug-likeness (QED) is 0.527. The number of benzene rings is 2. The number of nitrogens with one attached hydrogen (secondary N) is 3. The van der Waals surface area contributed by atoms with Crippen LogP contribution in [0.15, 0.2) is 40.0 Å². The van der Waals surface area contributed by atoms with E-state index < -0.39 is 16.1 Å². The van der Waals surface area contributed by atoms with E-state index in [-0.39, 0.29) is 11.6 Å². The SMILES string of the molecule is Cc1cc(C)c(S(=O)(=O)N2CCN([C@@H](C)C(=O)Nc3ccc4[nH]c(=O)[nH]c4c3)CC2)c(C)c1. The van der Waals surface area contributed by atoms with Crippen molar-refractivity contribution in [2.45, 2.75) is 38.6 Å². The highest BCUT2D eigenvalue weighted by Crippen LogP contribution is 2.26. The molecular formula is C23H29N5O4S. The molecule has 1 saturated heterocycles. The number of carbonyl (C=O) groups excluding carboxylic acids is 1. The van der Waals surface area contributed by atoms with E-state index in [2.05, 4.69) is 15.3 Å². The van der Waals surface area contributed by atoms with E-state index >= 15 is 0 Å². The Labute approximate surface area is 192 Å². The van der Waals surface area contributed by atoms with Crippen LogP contribution in [0.4, 0.5) is 5.69 Å². The first-order chi connectivity index (χ1) is 15.6. The molecule has 0 bridgehead atoms. The minimum atomic E-state index is -3.60. The van der Waals surface area contributed by atoms with Crippen LogP contribution in [0.2, 0.25) is 0 Å². The molecule has 1 aliphatic heterocycles. The number of aromatic amines is 2. The lowest BCUT2D eigenvalue weighted by Crippen LogP contribution is -2.54. The molecule has 2 aromatic carbocycles. The highest BCUT2D eigenvalue weighted by Gasteiger charge is 2.33. The minimum absolute atomic E-state index is 0.186. The minimum Gasteiger partial charge on any atom is -0.325 e. The van der Waals surface area contributed by atoms with Crippen LogP contribution in [0.3, 0.4) is 0 Å². The fourth-order valence-electron chi connectivity index (χ4n) is 4.56. The number of imidazole rings is 1. The molecule has 1 amide bonds. The molecular weight excluding hydrogens is 442 g/mol. The van der Waals surface area contributed by atoms with Crippen molar-refractivity contribution in [1.29, 1.82) is 0 Å². The van der Waals surface area contributed by atoms with Gasteiger partial charge in [0, 0.05) is 31.9 Å². The van der Waals surface area contributed by atoms with Crippen molar-refractivity contribution in [2.24, 2.45) is 0 Å². The number of anilines is 1. The molecule has 1 aliphatic rings. The lowest BCUT2D eigenvalue weighted by atomic mass is 10.1. The Balaban J connectivity index is 1.41. The molecule has 0 radical (unpaired) electrons. The van der Waals surface area contributed by atoms with E-state index in [4.69, 9.17) is 0 Å². The van der Waals surface area contributed by atoms with Gasteiger partial charge in [-0.05, 0) is 57.0 Å². The Morgan fingerprint density at radius 2 is 1.58 bits per heavy atom. The van der Waals surface area contributed by atoms with Gasteiger partial charge in [0.15, 0.2) is 0 Å². The average molecular weight is 472 g/mol. The van der Waals surface area contributed by atoms with Gasteiger partial charge < -0.3 is 15.3 Å². The number of rotatable bonds is 5. The number of H-pyrrole nitrogens is 2. The van der Waals surface area contributed by atoms with E-state index in [1.54, 1.807) is 18.2 Å². The maximum atomic E-state index is 13.3. The van der Waals surface area contributed by atoms with Crippen molar-refractivity contribution >= 4 is 32.7 Å². The van der Waals surface area contributed by atoms with Crippen LogP contribution in [-0.2, 0) is 14.8 Å². The standard InChI is InChI=1S/C23H29N5O4S/c1-14-11-15(2)21(16(3)12-14)33(31,32)28-9-7-27(8-10-28)17(4)22(29)24-18-5-6-19-20(13-18)26-23(30)25-19/h5-6,11-13,17H,7-10H2,1-4H3,(H,24,29)(H2,25,26,30)/t17-/m0/s1. The molecule has 0 aliphatic carbocycles. The first-order valence-electron chi connectivity index (χ1n) is 10.9. The number of aryl methyl sites for hydroxylation is 3. The second kappa shape index (κ2) is 8.77. The first-order valence-corrected chi connectivity index (χ1v) is 12.4. The second-order valence-corrected chi connectivity index (χ2v) is 10.5. The summed E-state index contributed by atoms with van der Waals surface area (Å²) in [5.41, 5.74) is 4.11. The number of carbonyl (C=O) groups is 1. The first kappa shape index (κ1) is 23.2. The zero-order valence-electron chi connectivity index (χ0n) is 19.2. The summed E-state index contributed by atoms with van der Waals surface area (Å²) in [5, 5.41) is 2.88. The molecule has 9 nitrogen and oxygen atoms in total. The molecule has 1 atom stereocenters. The van der Waals surface area contributed by atoms with Gasteiger partial charge in [-0.25, -0.2) is 13.2 Å². The van der Waals surface area contributed by atoms with Crippen molar-refractivity contribution in [2.75, 3.05) is 31.5 Å². The summed E-state index contributed by atoms with van der Waals surface area (Å²) in [4.78, 5) is 31.9. The van der Waals surface area contributed by atoms with Gasteiger partial charge >= 0.3 is 5.69 Å². The average Bonchev–Trinajstić information content (AvgIpc) is 3.11. The van der Waals surface area contributed by atoms with E-state index in [1.807, 2.05) is 44.7 Å². The van der Waals surface area contributed by atoms with Crippen molar-refractivity contribution < 1.29 is 13.2 Å². The molecule has 1 fully saturated rings. The fraction of sp³-hybridized carbons (Fsp3) is 0.391. The Bertz CT molecular complexity index is 1340. The van der Waals surface area contributed by atoms with E-state index in [0.29, 0.717) is 47.8 Å². The third-order valence-corrected chi connectivity index (χ3v) is 8.39. The zero-order chi connectivity index (χ0) is 23.9. The number of fused-ring (bicyclic) bond motifs is 1. The number of hydrogen-bond acceptors (Lipinski definition) is 5. The highest BCUT2D eigenvalue weighted by atomic mass is 32.2. The Morgan fingerprint density at radius 1 is 0.970 bits per heavy atom. The lowest BCUT2D eigenvalue weighted by Gasteiger charge is -2.37. The molecule has 10 heteroatoms.